The highest BCUT2D eigenvalue weighted by Gasteiger charge is 2.44. The molecule has 0 saturated carbocycles. The molecule has 9 heteroatoms. The molecule has 0 spiro atoms. The van der Waals surface area contributed by atoms with E-state index in [1.807, 2.05) is 0 Å². The van der Waals surface area contributed by atoms with Gasteiger partial charge in [0.05, 0.1) is 25.4 Å². The van der Waals surface area contributed by atoms with Gasteiger partial charge in [-0.2, -0.15) is 0 Å². The number of hydrogen-bond donors (Lipinski definition) is 6. The Morgan fingerprint density at radius 1 is 0.493 bits per heavy atom. The maximum Gasteiger partial charge on any atom is 0.220 e. The van der Waals surface area contributed by atoms with Crippen LogP contribution in [0.4, 0.5) is 0 Å². The van der Waals surface area contributed by atoms with Crippen LogP contribution < -0.4 is 5.32 Å². The van der Waals surface area contributed by atoms with Crippen molar-refractivity contribution in [3.8, 4) is 0 Å². The molecule has 0 aromatic carbocycles. The first-order chi connectivity index (χ1) is 34.8. The van der Waals surface area contributed by atoms with Gasteiger partial charge in [0.1, 0.15) is 24.4 Å². The molecular formula is C62H115NO8. The van der Waals surface area contributed by atoms with Crippen molar-refractivity contribution in [1.29, 1.82) is 0 Å². The Balaban J connectivity index is 2.17. The largest absolute Gasteiger partial charge is 0.394 e. The van der Waals surface area contributed by atoms with E-state index in [0.717, 1.165) is 64.2 Å². The molecule has 0 aromatic heterocycles. The molecule has 9 nitrogen and oxygen atoms in total. The van der Waals surface area contributed by atoms with E-state index in [1.165, 1.54) is 193 Å². The molecule has 7 unspecified atom stereocenters. The van der Waals surface area contributed by atoms with Crippen LogP contribution in [0.25, 0.3) is 0 Å². The van der Waals surface area contributed by atoms with E-state index >= 15 is 0 Å². The van der Waals surface area contributed by atoms with Gasteiger partial charge in [0.15, 0.2) is 6.29 Å². The van der Waals surface area contributed by atoms with Crippen LogP contribution in [0.3, 0.4) is 0 Å². The van der Waals surface area contributed by atoms with Crippen LogP contribution >= 0.6 is 0 Å². The number of unbranched alkanes of at least 4 members (excludes halogenated alkanes) is 34. The standard InChI is InChI=1S/C62H115NO8/c1-3-5-7-9-11-13-15-17-19-21-23-25-26-27-28-29-30-32-34-36-38-40-42-44-46-48-50-52-58(66)63-55(54-70-62-61(69)60(68)59(67)57(53-64)71-62)56(65)51-49-47-45-43-41-39-37-35-33-31-24-22-20-18-16-14-12-10-8-6-4-2/h5,7,11,13,17,19,23,25,55-57,59-62,64-65,67-69H,3-4,6,8-10,12,14-16,18,20-22,24,26-54H2,1-2H3,(H,63,66)/b7-5-,13-11-,19-17-,25-23-. The third-order valence-electron chi connectivity index (χ3n) is 14.4. The van der Waals surface area contributed by atoms with Crippen LogP contribution in [-0.2, 0) is 14.3 Å². The Kier molecular flexibility index (Phi) is 48.8. The number of carbonyl (C=O) groups excluding carboxylic acids is 1. The number of rotatable bonds is 52. The van der Waals surface area contributed by atoms with Crippen LogP contribution in [0, 0.1) is 0 Å². The average Bonchev–Trinajstić information content (AvgIpc) is 3.37. The van der Waals surface area contributed by atoms with Gasteiger partial charge < -0.3 is 40.3 Å². The van der Waals surface area contributed by atoms with Crippen LogP contribution in [-0.4, -0.2) is 87.5 Å². The van der Waals surface area contributed by atoms with Crippen molar-refractivity contribution in [1.82, 2.24) is 5.32 Å². The Morgan fingerprint density at radius 2 is 0.873 bits per heavy atom. The zero-order chi connectivity index (χ0) is 51.5. The summed E-state index contributed by atoms with van der Waals surface area (Å²) < 4.78 is 11.3. The predicted molar refractivity (Wildman–Crippen MR) is 299 cm³/mol. The minimum Gasteiger partial charge on any atom is -0.394 e. The number of allylic oxidation sites excluding steroid dienone is 8. The maximum absolute atomic E-state index is 13.1. The van der Waals surface area contributed by atoms with E-state index in [-0.39, 0.29) is 12.5 Å². The summed E-state index contributed by atoms with van der Waals surface area (Å²) in [7, 11) is 0. The van der Waals surface area contributed by atoms with Crippen molar-refractivity contribution in [3.05, 3.63) is 48.6 Å². The average molecular weight is 1000 g/mol. The molecule has 0 bridgehead atoms. The first kappa shape index (κ1) is 67.2. The van der Waals surface area contributed by atoms with E-state index in [0.29, 0.717) is 12.8 Å². The zero-order valence-electron chi connectivity index (χ0n) is 46.2. The number of nitrogens with one attached hydrogen (secondary N) is 1. The number of ether oxygens (including phenoxy) is 2. The van der Waals surface area contributed by atoms with Gasteiger partial charge >= 0.3 is 0 Å². The lowest BCUT2D eigenvalue weighted by atomic mass is 9.99. The SMILES string of the molecule is CC/C=C\C/C=C\C/C=C\C/C=C\CCCCCCCCCCCCCCCCC(=O)NC(COC1OC(CO)C(O)C(O)C1O)C(O)CCCCCCCCCCCCCCCCCCCCCCC. The molecule has 0 radical (unpaired) electrons. The molecule has 7 atom stereocenters. The van der Waals surface area contributed by atoms with Gasteiger partial charge in [-0.1, -0.05) is 274 Å². The molecule has 1 saturated heterocycles. The second-order valence-corrected chi connectivity index (χ2v) is 21.1. The molecule has 1 rings (SSSR count). The van der Waals surface area contributed by atoms with E-state index in [2.05, 4.69) is 67.8 Å². The Labute approximate surface area is 437 Å². The molecular weight excluding hydrogens is 887 g/mol. The summed E-state index contributed by atoms with van der Waals surface area (Å²) in [5.74, 6) is -0.142. The third kappa shape index (κ3) is 41.1. The first-order valence-electron chi connectivity index (χ1n) is 30.3. The van der Waals surface area contributed by atoms with E-state index in [1.54, 1.807) is 0 Å². The number of aliphatic hydroxyl groups is 5. The van der Waals surface area contributed by atoms with Gasteiger partial charge in [-0.25, -0.2) is 0 Å². The van der Waals surface area contributed by atoms with E-state index in [4.69, 9.17) is 9.47 Å². The highest BCUT2D eigenvalue weighted by molar-refractivity contribution is 5.76. The molecule has 1 fully saturated rings. The summed E-state index contributed by atoms with van der Waals surface area (Å²) in [6, 6.07) is -0.721. The van der Waals surface area contributed by atoms with Crippen molar-refractivity contribution < 1.29 is 39.8 Å². The van der Waals surface area contributed by atoms with Crippen LogP contribution in [0.5, 0.6) is 0 Å². The molecule has 71 heavy (non-hydrogen) atoms. The monoisotopic (exact) mass is 1000 g/mol. The topological polar surface area (TPSA) is 149 Å². The third-order valence-corrected chi connectivity index (χ3v) is 14.4. The summed E-state index contributed by atoms with van der Waals surface area (Å²) in [6.45, 7) is 3.76. The molecule has 6 N–H and O–H groups in total. The van der Waals surface area contributed by atoms with Crippen LogP contribution in [0.15, 0.2) is 48.6 Å². The first-order valence-corrected chi connectivity index (χ1v) is 30.3. The quantitative estimate of drug-likeness (QED) is 0.0261. The van der Waals surface area contributed by atoms with Crippen molar-refractivity contribution >= 4 is 5.91 Å². The highest BCUT2D eigenvalue weighted by atomic mass is 16.7. The molecule has 1 aliphatic heterocycles. The van der Waals surface area contributed by atoms with Gasteiger partial charge in [-0.3, -0.25) is 4.79 Å². The lowest BCUT2D eigenvalue weighted by molar-refractivity contribution is -0.302. The Bertz CT molecular complexity index is 1250. The van der Waals surface area contributed by atoms with Gasteiger partial charge in [-0.15, -0.1) is 0 Å². The summed E-state index contributed by atoms with van der Waals surface area (Å²) in [5, 5.41) is 54.8. The number of amides is 1. The molecule has 1 aliphatic rings. The summed E-state index contributed by atoms with van der Waals surface area (Å²) in [5.41, 5.74) is 0. The fraction of sp³-hybridized carbons (Fsp3) is 0.855. The maximum atomic E-state index is 13.1. The molecule has 1 heterocycles. The molecule has 0 aliphatic carbocycles. The normalized spacial score (nSPS) is 19.6. The molecule has 1 amide bonds. The Hall–Kier alpha value is -1.85. The Morgan fingerprint density at radius 3 is 1.30 bits per heavy atom. The summed E-state index contributed by atoms with van der Waals surface area (Å²) in [4.78, 5) is 13.1. The second kappa shape index (κ2) is 51.6. The van der Waals surface area contributed by atoms with Gasteiger partial charge in [0, 0.05) is 6.42 Å². The minimum absolute atomic E-state index is 0.137. The fourth-order valence-electron chi connectivity index (χ4n) is 9.68. The number of carbonyl (C=O) groups is 1. The molecule has 0 aromatic rings. The smallest absolute Gasteiger partial charge is 0.220 e. The van der Waals surface area contributed by atoms with E-state index < -0.39 is 49.5 Å². The van der Waals surface area contributed by atoms with Crippen LogP contribution in [0.2, 0.25) is 0 Å². The van der Waals surface area contributed by atoms with Gasteiger partial charge in [0.2, 0.25) is 5.91 Å². The number of hydrogen-bond acceptors (Lipinski definition) is 8. The summed E-state index contributed by atoms with van der Waals surface area (Å²) in [6.07, 6.45) is 61.4. The van der Waals surface area contributed by atoms with Crippen molar-refractivity contribution in [2.24, 2.45) is 0 Å². The van der Waals surface area contributed by atoms with Crippen molar-refractivity contribution in [2.45, 2.75) is 326 Å². The number of aliphatic hydroxyl groups excluding tert-OH is 5. The lowest BCUT2D eigenvalue weighted by Gasteiger charge is -2.40. The van der Waals surface area contributed by atoms with Crippen molar-refractivity contribution in [3.63, 3.8) is 0 Å². The molecule has 416 valence electrons. The van der Waals surface area contributed by atoms with Gasteiger partial charge in [-0.05, 0) is 51.4 Å². The van der Waals surface area contributed by atoms with Crippen LogP contribution in [0.1, 0.15) is 284 Å². The van der Waals surface area contributed by atoms with Crippen molar-refractivity contribution in [2.75, 3.05) is 13.2 Å². The lowest BCUT2D eigenvalue weighted by Crippen LogP contribution is -2.60. The highest BCUT2D eigenvalue weighted by Crippen LogP contribution is 2.23. The van der Waals surface area contributed by atoms with E-state index in [9.17, 15) is 30.3 Å². The zero-order valence-corrected chi connectivity index (χ0v) is 46.2. The summed E-state index contributed by atoms with van der Waals surface area (Å²) >= 11 is 0. The van der Waals surface area contributed by atoms with Gasteiger partial charge in [0.25, 0.3) is 0 Å². The fourth-order valence-corrected chi connectivity index (χ4v) is 9.68. The predicted octanol–water partition coefficient (Wildman–Crippen LogP) is 15.3. The minimum atomic E-state index is -1.55. The second-order valence-electron chi connectivity index (χ2n) is 21.1.